The van der Waals surface area contributed by atoms with E-state index in [9.17, 15) is 5.11 Å². The smallest absolute Gasteiger partial charge is 0.122 e. The largest absolute Gasteiger partial charge is 0.507 e. The fourth-order valence-electron chi connectivity index (χ4n) is 1.93. The molecule has 1 heterocycles. The van der Waals surface area contributed by atoms with Crippen LogP contribution in [0, 0.1) is 13.8 Å². The molecule has 0 saturated carbocycles. The van der Waals surface area contributed by atoms with Crippen molar-refractivity contribution >= 4 is 0 Å². The topological polar surface area (TPSA) is 41.5 Å². The Morgan fingerprint density at radius 1 is 1.33 bits per heavy atom. The van der Waals surface area contributed by atoms with Crippen LogP contribution in [0.5, 0.6) is 11.5 Å². The van der Waals surface area contributed by atoms with Gasteiger partial charge < -0.3 is 15.2 Å². The lowest BCUT2D eigenvalue weighted by Crippen LogP contribution is -2.39. The van der Waals surface area contributed by atoms with Crippen LogP contribution in [-0.2, 0) is 0 Å². The second-order valence-corrected chi connectivity index (χ2v) is 4.12. The quantitative estimate of drug-likeness (QED) is 0.775. The lowest BCUT2D eigenvalue weighted by atomic mass is 9.89. The van der Waals surface area contributed by atoms with Gasteiger partial charge in [-0.1, -0.05) is 0 Å². The first kappa shape index (κ1) is 10.3. The van der Waals surface area contributed by atoms with Crippen molar-refractivity contribution in [2.75, 3.05) is 20.2 Å². The lowest BCUT2D eigenvalue weighted by Gasteiger charge is -2.29. The molecule has 1 saturated heterocycles. The Kier molecular flexibility index (Phi) is 2.57. The van der Waals surface area contributed by atoms with Gasteiger partial charge in [0.25, 0.3) is 0 Å². The van der Waals surface area contributed by atoms with Crippen LogP contribution in [0.2, 0.25) is 0 Å². The van der Waals surface area contributed by atoms with Gasteiger partial charge in [-0.25, -0.2) is 0 Å². The molecule has 1 aromatic carbocycles. The molecule has 0 unspecified atom stereocenters. The van der Waals surface area contributed by atoms with Crippen LogP contribution in [0.25, 0.3) is 0 Å². The molecule has 2 rings (SSSR count). The highest BCUT2D eigenvalue weighted by atomic mass is 16.5. The Bertz CT molecular complexity index is 384. The van der Waals surface area contributed by atoms with E-state index in [1.165, 1.54) is 0 Å². The highest BCUT2D eigenvalue weighted by Crippen LogP contribution is 2.37. The molecule has 0 aliphatic carbocycles. The summed E-state index contributed by atoms with van der Waals surface area (Å²) in [4.78, 5) is 0. The second-order valence-electron chi connectivity index (χ2n) is 4.12. The fraction of sp³-hybridized carbons (Fsp3) is 0.500. The predicted octanol–water partition coefficient (Wildman–Crippen LogP) is 1.70. The number of methoxy groups -OCH3 is 1. The average Bonchev–Trinajstić information content (AvgIpc) is 2.16. The second kappa shape index (κ2) is 3.74. The van der Waals surface area contributed by atoms with E-state index in [0.717, 1.165) is 35.5 Å². The zero-order chi connectivity index (χ0) is 11.0. The number of ether oxygens (including phenoxy) is 1. The molecule has 0 aromatic heterocycles. The summed E-state index contributed by atoms with van der Waals surface area (Å²) in [5, 5.41) is 13.3. The maximum atomic E-state index is 10.1. The zero-order valence-electron chi connectivity index (χ0n) is 9.42. The van der Waals surface area contributed by atoms with Gasteiger partial charge in [-0.05, 0) is 31.0 Å². The Hall–Kier alpha value is -1.22. The normalized spacial score (nSPS) is 16.2. The molecule has 2 N–H and O–H groups in total. The minimum absolute atomic E-state index is 0.429. The first-order valence-corrected chi connectivity index (χ1v) is 5.23. The third-order valence-corrected chi connectivity index (χ3v) is 3.29. The maximum Gasteiger partial charge on any atom is 0.122 e. The van der Waals surface area contributed by atoms with Crippen molar-refractivity contribution in [1.29, 1.82) is 0 Å². The molecule has 0 spiro atoms. The Labute approximate surface area is 90.1 Å². The first-order valence-electron chi connectivity index (χ1n) is 5.23. The van der Waals surface area contributed by atoms with Crippen molar-refractivity contribution in [3.63, 3.8) is 0 Å². The Balaban J connectivity index is 2.49. The molecular weight excluding hydrogens is 190 g/mol. The summed E-state index contributed by atoms with van der Waals surface area (Å²) in [6.45, 7) is 5.79. The van der Waals surface area contributed by atoms with Gasteiger partial charge in [-0.3, -0.25) is 0 Å². The van der Waals surface area contributed by atoms with Gasteiger partial charge in [0.2, 0.25) is 0 Å². The van der Waals surface area contributed by atoms with Crippen molar-refractivity contribution in [3.05, 3.63) is 22.8 Å². The number of nitrogens with one attached hydrogen (secondary N) is 1. The first-order chi connectivity index (χ1) is 7.15. The number of hydrogen-bond donors (Lipinski definition) is 2. The Morgan fingerprint density at radius 3 is 2.47 bits per heavy atom. The van der Waals surface area contributed by atoms with E-state index < -0.39 is 0 Å². The molecule has 1 aromatic rings. The molecule has 82 valence electrons. The van der Waals surface area contributed by atoms with Gasteiger partial charge in [-0.15, -0.1) is 0 Å². The van der Waals surface area contributed by atoms with Crippen molar-refractivity contribution in [2.45, 2.75) is 19.8 Å². The number of hydrogen-bond acceptors (Lipinski definition) is 3. The zero-order valence-corrected chi connectivity index (χ0v) is 9.42. The van der Waals surface area contributed by atoms with Crippen LogP contribution >= 0.6 is 0 Å². The minimum Gasteiger partial charge on any atom is -0.507 e. The molecule has 15 heavy (non-hydrogen) atoms. The van der Waals surface area contributed by atoms with Gasteiger partial charge >= 0.3 is 0 Å². The molecule has 3 nitrogen and oxygen atoms in total. The summed E-state index contributed by atoms with van der Waals surface area (Å²) in [5.74, 6) is 1.73. The van der Waals surface area contributed by atoms with Crippen molar-refractivity contribution in [3.8, 4) is 11.5 Å². The van der Waals surface area contributed by atoms with Gasteiger partial charge in [-0.2, -0.15) is 0 Å². The highest BCUT2D eigenvalue weighted by molar-refractivity contribution is 5.53. The average molecular weight is 207 g/mol. The molecule has 0 bridgehead atoms. The summed E-state index contributed by atoms with van der Waals surface area (Å²) < 4.78 is 5.31. The highest BCUT2D eigenvalue weighted by Gasteiger charge is 2.24. The SMILES string of the molecule is COc1cc(C2CNC2)c(O)c(C)c1C. The summed E-state index contributed by atoms with van der Waals surface area (Å²) in [6.07, 6.45) is 0. The van der Waals surface area contributed by atoms with Crippen molar-refractivity contribution in [2.24, 2.45) is 0 Å². The van der Waals surface area contributed by atoms with Crippen LogP contribution in [0.4, 0.5) is 0 Å². The number of phenols is 1. The molecule has 0 radical (unpaired) electrons. The summed E-state index contributed by atoms with van der Waals surface area (Å²) in [7, 11) is 1.67. The van der Waals surface area contributed by atoms with Crippen LogP contribution in [0.1, 0.15) is 22.6 Å². The summed E-state index contributed by atoms with van der Waals surface area (Å²) in [6, 6.07) is 1.96. The van der Waals surface area contributed by atoms with E-state index in [0.29, 0.717) is 11.7 Å². The molecule has 1 aliphatic heterocycles. The number of benzene rings is 1. The van der Waals surface area contributed by atoms with Gasteiger partial charge in [0.15, 0.2) is 0 Å². The van der Waals surface area contributed by atoms with Crippen LogP contribution in [0.3, 0.4) is 0 Å². The van der Waals surface area contributed by atoms with Crippen molar-refractivity contribution in [1.82, 2.24) is 5.32 Å². The lowest BCUT2D eigenvalue weighted by molar-refractivity contribution is 0.391. The molecule has 0 amide bonds. The van der Waals surface area contributed by atoms with E-state index in [-0.39, 0.29) is 0 Å². The van der Waals surface area contributed by atoms with E-state index in [1.54, 1.807) is 7.11 Å². The van der Waals surface area contributed by atoms with Gasteiger partial charge in [0.1, 0.15) is 11.5 Å². The van der Waals surface area contributed by atoms with Crippen LogP contribution in [0.15, 0.2) is 6.07 Å². The summed E-state index contributed by atoms with van der Waals surface area (Å²) in [5.41, 5.74) is 2.95. The number of rotatable bonds is 2. The standard InChI is InChI=1S/C12H17NO2/c1-7-8(2)12(14)10(4-11(7)15-3)9-5-13-6-9/h4,9,13-14H,5-6H2,1-3H3. The van der Waals surface area contributed by atoms with Crippen LogP contribution < -0.4 is 10.1 Å². The maximum absolute atomic E-state index is 10.1. The third kappa shape index (κ3) is 1.57. The van der Waals surface area contributed by atoms with Gasteiger partial charge in [0, 0.05) is 24.6 Å². The molecule has 3 heteroatoms. The number of phenolic OH excluding ortho intramolecular Hbond substituents is 1. The minimum atomic E-state index is 0.429. The molecule has 1 aliphatic rings. The van der Waals surface area contributed by atoms with E-state index in [4.69, 9.17) is 4.74 Å². The fourth-order valence-corrected chi connectivity index (χ4v) is 1.93. The number of aromatic hydroxyl groups is 1. The molecule has 0 atom stereocenters. The summed E-state index contributed by atoms with van der Waals surface area (Å²) >= 11 is 0. The Morgan fingerprint density at radius 2 is 2.00 bits per heavy atom. The molecule has 1 fully saturated rings. The monoisotopic (exact) mass is 207 g/mol. The molecular formula is C12H17NO2. The van der Waals surface area contributed by atoms with E-state index in [2.05, 4.69) is 5.32 Å². The van der Waals surface area contributed by atoms with E-state index in [1.807, 2.05) is 19.9 Å². The predicted molar refractivity (Wildman–Crippen MR) is 59.7 cm³/mol. The third-order valence-electron chi connectivity index (χ3n) is 3.29. The van der Waals surface area contributed by atoms with E-state index >= 15 is 0 Å². The van der Waals surface area contributed by atoms with Crippen molar-refractivity contribution < 1.29 is 9.84 Å². The van der Waals surface area contributed by atoms with Crippen LogP contribution in [-0.4, -0.2) is 25.3 Å². The van der Waals surface area contributed by atoms with Gasteiger partial charge in [0.05, 0.1) is 7.11 Å².